The zero-order valence-electron chi connectivity index (χ0n) is 13.1. The van der Waals surface area contributed by atoms with Crippen molar-refractivity contribution in [1.29, 1.82) is 0 Å². The van der Waals surface area contributed by atoms with E-state index >= 15 is 0 Å². The summed E-state index contributed by atoms with van der Waals surface area (Å²) in [5.41, 5.74) is -1.27. The Kier molecular flexibility index (Phi) is 8.80. The van der Waals surface area contributed by atoms with Gasteiger partial charge in [-0.3, -0.25) is 0 Å². The van der Waals surface area contributed by atoms with E-state index in [4.69, 9.17) is 16.0 Å². The van der Waals surface area contributed by atoms with E-state index in [-0.39, 0.29) is 25.8 Å². The lowest BCUT2D eigenvalue weighted by Crippen LogP contribution is -2.38. The molecule has 0 bridgehead atoms. The lowest BCUT2D eigenvalue weighted by molar-refractivity contribution is -0.148. The SMILES string of the molecule is [C-]#[N+]CCC(O)(CC(C)OC(=O)C=C)CC(C)OC(=O)C=C. The van der Waals surface area contributed by atoms with Crippen LogP contribution >= 0.6 is 0 Å². The van der Waals surface area contributed by atoms with Crippen LogP contribution in [0.2, 0.25) is 0 Å². The Bertz CT molecular complexity index is 422. The van der Waals surface area contributed by atoms with Crippen molar-refractivity contribution in [2.24, 2.45) is 0 Å². The summed E-state index contributed by atoms with van der Waals surface area (Å²) < 4.78 is 10.1. The highest BCUT2D eigenvalue weighted by atomic mass is 16.5. The first-order valence-electron chi connectivity index (χ1n) is 6.98. The van der Waals surface area contributed by atoms with Gasteiger partial charge in [0.2, 0.25) is 6.54 Å². The first-order valence-corrected chi connectivity index (χ1v) is 6.98. The Hall–Kier alpha value is -2.13. The van der Waals surface area contributed by atoms with E-state index in [2.05, 4.69) is 18.0 Å². The highest BCUT2D eigenvalue weighted by Crippen LogP contribution is 2.26. The van der Waals surface area contributed by atoms with Gasteiger partial charge >= 0.3 is 11.9 Å². The maximum Gasteiger partial charge on any atom is 0.330 e. The second-order valence-corrected chi connectivity index (χ2v) is 5.17. The number of hydrogen-bond acceptors (Lipinski definition) is 5. The second kappa shape index (κ2) is 9.74. The fraction of sp³-hybridized carbons (Fsp3) is 0.562. The molecule has 1 N–H and O–H groups in total. The van der Waals surface area contributed by atoms with Crippen LogP contribution in [0.1, 0.15) is 33.1 Å². The Morgan fingerprint density at radius 1 is 1.18 bits per heavy atom. The van der Waals surface area contributed by atoms with Crippen LogP contribution in [0.25, 0.3) is 4.85 Å². The number of aliphatic hydroxyl groups is 1. The number of carbonyl (C=O) groups excluding carboxylic acids is 2. The first-order chi connectivity index (χ1) is 10.3. The summed E-state index contributed by atoms with van der Waals surface area (Å²) >= 11 is 0. The van der Waals surface area contributed by atoms with E-state index in [9.17, 15) is 14.7 Å². The molecule has 0 aliphatic carbocycles. The Balaban J connectivity index is 4.79. The summed E-state index contributed by atoms with van der Waals surface area (Å²) in [5.74, 6) is -1.16. The summed E-state index contributed by atoms with van der Waals surface area (Å²) in [7, 11) is 0. The highest BCUT2D eigenvalue weighted by molar-refractivity contribution is 5.81. The van der Waals surface area contributed by atoms with E-state index in [1.165, 1.54) is 0 Å². The number of nitrogens with zero attached hydrogens (tertiary/aromatic N) is 1. The van der Waals surface area contributed by atoms with Gasteiger partial charge in [0.15, 0.2) is 0 Å². The minimum Gasteiger partial charge on any atom is -0.459 e. The molecule has 0 aromatic carbocycles. The average molecular weight is 309 g/mol. The molecular formula is C16H23NO5. The highest BCUT2D eigenvalue weighted by Gasteiger charge is 2.34. The molecule has 0 aliphatic rings. The fourth-order valence-electron chi connectivity index (χ4n) is 2.20. The number of ether oxygens (including phenoxy) is 2. The van der Waals surface area contributed by atoms with Crippen LogP contribution in [0.5, 0.6) is 0 Å². The van der Waals surface area contributed by atoms with E-state index in [0.29, 0.717) is 0 Å². The minimum atomic E-state index is -1.27. The van der Waals surface area contributed by atoms with Crippen molar-refractivity contribution in [1.82, 2.24) is 0 Å². The van der Waals surface area contributed by atoms with E-state index < -0.39 is 29.7 Å². The molecule has 0 spiro atoms. The van der Waals surface area contributed by atoms with E-state index in [1.807, 2.05) is 0 Å². The molecule has 0 fully saturated rings. The van der Waals surface area contributed by atoms with Crippen molar-refractivity contribution < 1.29 is 24.2 Å². The quantitative estimate of drug-likeness (QED) is 0.379. The third kappa shape index (κ3) is 8.22. The molecule has 6 heteroatoms. The van der Waals surface area contributed by atoms with Gasteiger partial charge in [0.05, 0.1) is 5.60 Å². The van der Waals surface area contributed by atoms with E-state index in [1.54, 1.807) is 13.8 Å². The van der Waals surface area contributed by atoms with Crippen molar-refractivity contribution in [2.75, 3.05) is 6.54 Å². The molecule has 0 saturated heterocycles. The topological polar surface area (TPSA) is 77.2 Å². The zero-order chi connectivity index (χ0) is 17.2. The van der Waals surface area contributed by atoms with Crippen molar-refractivity contribution >= 4 is 11.9 Å². The predicted octanol–water partition coefficient (Wildman–Crippen LogP) is 2.04. The minimum absolute atomic E-state index is 0.126. The second-order valence-electron chi connectivity index (χ2n) is 5.17. The van der Waals surface area contributed by atoms with Gasteiger partial charge in [0, 0.05) is 31.4 Å². The summed E-state index contributed by atoms with van der Waals surface area (Å²) in [6.45, 7) is 16.9. The third-order valence-electron chi connectivity index (χ3n) is 2.99. The molecule has 0 saturated carbocycles. The normalized spacial score (nSPS) is 15.5. The number of esters is 2. The van der Waals surface area contributed by atoms with Gasteiger partial charge in [0.25, 0.3) is 0 Å². The monoisotopic (exact) mass is 309 g/mol. The van der Waals surface area contributed by atoms with Gasteiger partial charge in [-0.2, -0.15) is 0 Å². The summed E-state index contributed by atoms with van der Waals surface area (Å²) in [5, 5.41) is 10.7. The van der Waals surface area contributed by atoms with Crippen LogP contribution in [0.3, 0.4) is 0 Å². The Morgan fingerprint density at radius 2 is 1.59 bits per heavy atom. The first kappa shape index (κ1) is 19.9. The summed E-state index contributed by atoms with van der Waals surface area (Å²) in [4.78, 5) is 25.6. The molecule has 0 amide bonds. The summed E-state index contributed by atoms with van der Waals surface area (Å²) in [6, 6.07) is 0. The van der Waals surface area contributed by atoms with Crippen LogP contribution in [0, 0.1) is 6.57 Å². The maximum absolute atomic E-state index is 11.2. The predicted molar refractivity (Wildman–Crippen MR) is 81.8 cm³/mol. The molecular weight excluding hydrogens is 286 g/mol. The van der Waals surface area contributed by atoms with Crippen LogP contribution in [0.4, 0.5) is 0 Å². The van der Waals surface area contributed by atoms with Gasteiger partial charge in [-0.05, 0) is 13.8 Å². The Morgan fingerprint density at radius 3 is 1.91 bits per heavy atom. The largest absolute Gasteiger partial charge is 0.459 e. The molecule has 0 heterocycles. The number of carbonyl (C=O) groups is 2. The third-order valence-corrected chi connectivity index (χ3v) is 2.99. The van der Waals surface area contributed by atoms with Gasteiger partial charge in [-0.15, -0.1) is 0 Å². The number of rotatable bonds is 10. The van der Waals surface area contributed by atoms with Crippen LogP contribution in [-0.2, 0) is 19.1 Å². The maximum atomic E-state index is 11.2. The van der Waals surface area contributed by atoms with Crippen molar-refractivity contribution in [3.05, 3.63) is 36.7 Å². The van der Waals surface area contributed by atoms with Crippen LogP contribution in [-0.4, -0.2) is 41.4 Å². The molecule has 2 atom stereocenters. The molecule has 122 valence electrons. The molecule has 0 aliphatic heterocycles. The molecule has 6 nitrogen and oxygen atoms in total. The smallest absolute Gasteiger partial charge is 0.330 e. The molecule has 0 radical (unpaired) electrons. The van der Waals surface area contributed by atoms with Crippen molar-refractivity contribution in [3.63, 3.8) is 0 Å². The molecule has 2 unspecified atom stereocenters. The molecule has 0 aromatic rings. The van der Waals surface area contributed by atoms with Gasteiger partial charge in [0.1, 0.15) is 12.2 Å². The van der Waals surface area contributed by atoms with Gasteiger partial charge in [-0.1, -0.05) is 13.2 Å². The average Bonchev–Trinajstić information content (AvgIpc) is 2.44. The molecule has 0 rings (SSSR count). The van der Waals surface area contributed by atoms with Crippen molar-refractivity contribution in [2.45, 2.75) is 50.9 Å². The van der Waals surface area contributed by atoms with Gasteiger partial charge < -0.3 is 19.4 Å². The van der Waals surface area contributed by atoms with Crippen molar-refractivity contribution in [3.8, 4) is 0 Å². The van der Waals surface area contributed by atoms with Crippen LogP contribution in [0.15, 0.2) is 25.3 Å². The fourth-order valence-corrected chi connectivity index (χ4v) is 2.20. The van der Waals surface area contributed by atoms with Gasteiger partial charge in [-0.25, -0.2) is 16.2 Å². The zero-order valence-corrected chi connectivity index (χ0v) is 13.1. The lowest BCUT2D eigenvalue weighted by Gasteiger charge is -2.31. The number of hydrogen-bond donors (Lipinski definition) is 1. The molecule has 22 heavy (non-hydrogen) atoms. The van der Waals surface area contributed by atoms with Crippen LogP contribution < -0.4 is 0 Å². The van der Waals surface area contributed by atoms with E-state index in [0.717, 1.165) is 12.2 Å². The molecule has 0 aromatic heterocycles. The summed E-state index contributed by atoms with van der Waals surface area (Å²) in [6.07, 6.45) is 1.46. The standard InChI is InChI=1S/C16H23NO5/c1-6-14(18)21-12(3)10-16(20,8-9-17-5)11-13(4)22-15(19)7-2/h6-7,12-13,20H,1-2,8-11H2,3-4H3. The Labute approximate surface area is 131 Å². The lowest BCUT2D eigenvalue weighted by atomic mass is 9.87.